The van der Waals surface area contributed by atoms with Crippen molar-refractivity contribution in [2.24, 2.45) is 0 Å². The van der Waals surface area contributed by atoms with Crippen molar-refractivity contribution in [2.75, 3.05) is 5.32 Å². The van der Waals surface area contributed by atoms with Gasteiger partial charge in [0, 0.05) is 5.69 Å². The molecule has 1 heterocycles. The molecule has 7 nitrogen and oxygen atoms in total. The molecule has 3 rings (SSSR count). The summed E-state index contributed by atoms with van der Waals surface area (Å²) in [5, 5.41) is 14.0. The average molecular weight is 351 g/mol. The van der Waals surface area contributed by atoms with Gasteiger partial charge in [0.25, 0.3) is 5.91 Å². The van der Waals surface area contributed by atoms with E-state index in [1.807, 2.05) is 36.4 Å². The minimum absolute atomic E-state index is 0.192. The molecule has 3 aromatic rings. The van der Waals surface area contributed by atoms with Gasteiger partial charge >= 0.3 is 0 Å². The molecule has 26 heavy (non-hydrogen) atoms. The first-order valence-electron chi connectivity index (χ1n) is 8.44. The zero-order valence-electron chi connectivity index (χ0n) is 15.0. The molecule has 0 aliphatic rings. The molecule has 2 aromatic carbocycles. The molecule has 1 amide bonds. The molecule has 1 aromatic heterocycles. The Morgan fingerprint density at radius 3 is 2.46 bits per heavy atom. The number of tetrazole rings is 1. The van der Waals surface area contributed by atoms with Gasteiger partial charge in [0.05, 0.1) is 5.69 Å². The molecule has 1 unspecified atom stereocenters. The number of rotatable bonds is 6. The zero-order valence-corrected chi connectivity index (χ0v) is 15.0. The van der Waals surface area contributed by atoms with E-state index in [-0.39, 0.29) is 5.91 Å². The van der Waals surface area contributed by atoms with E-state index < -0.39 is 6.10 Å². The Kier molecular flexibility index (Phi) is 5.26. The van der Waals surface area contributed by atoms with E-state index in [0.29, 0.717) is 11.7 Å². The Hall–Kier alpha value is -3.22. The van der Waals surface area contributed by atoms with Gasteiger partial charge in [-0.1, -0.05) is 32.0 Å². The van der Waals surface area contributed by atoms with Gasteiger partial charge in [-0.2, -0.15) is 0 Å². The maximum Gasteiger partial charge on any atom is 0.265 e. The summed E-state index contributed by atoms with van der Waals surface area (Å²) in [5.74, 6) is 0.728. The summed E-state index contributed by atoms with van der Waals surface area (Å²) in [6.07, 6.45) is 0.882. The van der Waals surface area contributed by atoms with Gasteiger partial charge in [0.2, 0.25) is 0 Å². The summed E-state index contributed by atoms with van der Waals surface area (Å²) in [6.45, 7) is 5.91. The highest BCUT2D eigenvalue weighted by Crippen LogP contribution is 2.24. The lowest BCUT2D eigenvalue weighted by molar-refractivity contribution is -0.122. The molecular formula is C19H21N5O2. The standard InChI is InChI=1S/C19H21N5O2/c1-13(2)17-6-4-5-7-18(17)21-19(25)14(3)26-16-10-8-15(9-11-16)24-12-20-22-23-24/h4-14H,1-3H3,(H,21,25). The lowest BCUT2D eigenvalue weighted by atomic mass is 10.0. The van der Waals surface area contributed by atoms with Crippen LogP contribution in [0.25, 0.3) is 5.69 Å². The van der Waals surface area contributed by atoms with Gasteiger partial charge in [-0.25, -0.2) is 4.68 Å². The number of nitrogens with one attached hydrogen (secondary N) is 1. The van der Waals surface area contributed by atoms with E-state index in [0.717, 1.165) is 16.9 Å². The summed E-state index contributed by atoms with van der Waals surface area (Å²) < 4.78 is 7.29. The third kappa shape index (κ3) is 4.05. The molecule has 1 atom stereocenters. The van der Waals surface area contributed by atoms with Crippen molar-refractivity contribution in [3.8, 4) is 11.4 Å². The SMILES string of the molecule is CC(Oc1ccc(-n2cnnn2)cc1)C(=O)Nc1ccccc1C(C)C. The molecule has 0 spiro atoms. The third-order valence-corrected chi connectivity index (χ3v) is 3.97. The minimum Gasteiger partial charge on any atom is -0.481 e. The molecule has 0 fully saturated rings. The van der Waals surface area contributed by atoms with Crippen LogP contribution in [0, 0.1) is 0 Å². The predicted molar refractivity (Wildman–Crippen MR) is 98.4 cm³/mol. The van der Waals surface area contributed by atoms with Crippen LogP contribution in [-0.2, 0) is 4.79 Å². The molecule has 0 aliphatic carbocycles. The van der Waals surface area contributed by atoms with Gasteiger partial charge in [-0.05, 0) is 59.2 Å². The second-order valence-corrected chi connectivity index (χ2v) is 6.24. The highest BCUT2D eigenvalue weighted by molar-refractivity contribution is 5.94. The van der Waals surface area contributed by atoms with Gasteiger partial charge < -0.3 is 10.1 Å². The molecular weight excluding hydrogens is 330 g/mol. The summed E-state index contributed by atoms with van der Waals surface area (Å²) in [7, 11) is 0. The summed E-state index contributed by atoms with van der Waals surface area (Å²) in [5.41, 5.74) is 2.72. The number of nitrogens with zero attached hydrogens (tertiary/aromatic N) is 4. The fourth-order valence-corrected chi connectivity index (χ4v) is 2.56. The Balaban J connectivity index is 1.64. The van der Waals surface area contributed by atoms with Crippen LogP contribution in [0.5, 0.6) is 5.75 Å². The first-order valence-corrected chi connectivity index (χ1v) is 8.44. The first-order chi connectivity index (χ1) is 12.5. The molecule has 1 N–H and O–H groups in total. The Morgan fingerprint density at radius 2 is 1.81 bits per heavy atom. The van der Waals surface area contributed by atoms with Crippen LogP contribution in [0.2, 0.25) is 0 Å². The Bertz CT molecular complexity index is 860. The van der Waals surface area contributed by atoms with E-state index in [2.05, 4.69) is 34.7 Å². The third-order valence-electron chi connectivity index (χ3n) is 3.97. The van der Waals surface area contributed by atoms with Crippen molar-refractivity contribution in [3.63, 3.8) is 0 Å². The number of aromatic nitrogens is 4. The summed E-state index contributed by atoms with van der Waals surface area (Å²) in [6, 6.07) is 15.0. The average Bonchev–Trinajstić information content (AvgIpc) is 3.17. The number of anilines is 1. The molecule has 0 bridgehead atoms. The number of carbonyl (C=O) groups excluding carboxylic acids is 1. The van der Waals surface area contributed by atoms with Crippen LogP contribution in [0.4, 0.5) is 5.69 Å². The van der Waals surface area contributed by atoms with E-state index in [1.165, 1.54) is 6.33 Å². The number of carbonyl (C=O) groups is 1. The van der Waals surface area contributed by atoms with Crippen molar-refractivity contribution < 1.29 is 9.53 Å². The van der Waals surface area contributed by atoms with Crippen molar-refractivity contribution in [1.29, 1.82) is 0 Å². The van der Waals surface area contributed by atoms with Gasteiger partial charge in [0.15, 0.2) is 6.10 Å². The van der Waals surface area contributed by atoms with E-state index >= 15 is 0 Å². The van der Waals surface area contributed by atoms with Crippen LogP contribution in [-0.4, -0.2) is 32.2 Å². The fourth-order valence-electron chi connectivity index (χ4n) is 2.56. The van der Waals surface area contributed by atoms with Crippen molar-refractivity contribution in [1.82, 2.24) is 20.2 Å². The van der Waals surface area contributed by atoms with Crippen LogP contribution in [0.1, 0.15) is 32.3 Å². The predicted octanol–water partition coefficient (Wildman–Crippen LogP) is 3.19. The second-order valence-electron chi connectivity index (χ2n) is 6.24. The van der Waals surface area contributed by atoms with Crippen molar-refractivity contribution in [3.05, 3.63) is 60.4 Å². The van der Waals surface area contributed by atoms with Crippen molar-refractivity contribution in [2.45, 2.75) is 32.8 Å². The number of benzene rings is 2. The first kappa shape index (κ1) is 17.6. The quantitative estimate of drug-likeness (QED) is 0.737. The van der Waals surface area contributed by atoms with Crippen molar-refractivity contribution >= 4 is 11.6 Å². The smallest absolute Gasteiger partial charge is 0.265 e. The van der Waals surface area contributed by atoms with Gasteiger partial charge in [-0.3, -0.25) is 4.79 Å². The van der Waals surface area contributed by atoms with Crippen LogP contribution in [0.15, 0.2) is 54.9 Å². The largest absolute Gasteiger partial charge is 0.481 e. The molecule has 0 saturated heterocycles. The minimum atomic E-state index is -0.630. The molecule has 134 valence electrons. The highest BCUT2D eigenvalue weighted by atomic mass is 16.5. The number of ether oxygens (including phenoxy) is 1. The number of para-hydroxylation sites is 1. The summed E-state index contributed by atoms with van der Waals surface area (Å²) >= 11 is 0. The molecule has 0 radical (unpaired) electrons. The lowest BCUT2D eigenvalue weighted by Gasteiger charge is -2.18. The lowest BCUT2D eigenvalue weighted by Crippen LogP contribution is -2.30. The number of hydrogen-bond donors (Lipinski definition) is 1. The van der Waals surface area contributed by atoms with E-state index in [1.54, 1.807) is 23.7 Å². The van der Waals surface area contributed by atoms with Crippen LogP contribution >= 0.6 is 0 Å². The van der Waals surface area contributed by atoms with Gasteiger partial charge in [0.1, 0.15) is 12.1 Å². The van der Waals surface area contributed by atoms with Gasteiger partial charge in [-0.15, -0.1) is 5.10 Å². The molecule has 0 aliphatic heterocycles. The highest BCUT2D eigenvalue weighted by Gasteiger charge is 2.17. The van der Waals surface area contributed by atoms with E-state index in [4.69, 9.17) is 4.74 Å². The maximum absolute atomic E-state index is 12.5. The monoisotopic (exact) mass is 351 g/mol. The zero-order chi connectivity index (χ0) is 18.5. The maximum atomic E-state index is 12.5. The summed E-state index contributed by atoms with van der Waals surface area (Å²) in [4.78, 5) is 12.5. The number of hydrogen-bond acceptors (Lipinski definition) is 5. The van der Waals surface area contributed by atoms with E-state index in [9.17, 15) is 4.79 Å². The second kappa shape index (κ2) is 7.77. The molecule has 0 saturated carbocycles. The Labute approximate surface area is 152 Å². The number of amides is 1. The normalized spacial score (nSPS) is 12.0. The fraction of sp³-hybridized carbons (Fsp3) is 0.263. The topological polar surface area (TPSA) is 81.9 Å². The Morgan fingerprint density at radius 1 is 1.08 bits per heavy atom. The van der Waals surface area contributed by atoms with Crippen LogP contribution in [0.3, 0.4) is 0 Å². The molecule has 7 heteroatoms. The van der Waals surface area contributed by atoms with Crippen LogP contribution < -0.4 is 10.1 Å².